The van der Waals surface area contributed by atoms with Crippen molar-refractivity contribution in [2.45, 2.75) is 6.54 Å². The third-order valence-corrected chi connectivity index (χ3v) is 3.73. The Bertz CT molecular complexity index is 704. The van der Waals surface area contributed by atoms with Crippen LogP contribution in [-0.2, 0) is 6.54 Å². The molecule has 0 atom stereocenters. The molecule has 3 aromatic rings. The summed E-state index contributed by atoms with van der Waals surface area (Å²) in [5.74, 6) is 0. The van der Waals surface area contributed by atoms with Gasteiger partial charge in [-0.1, -0.05) is 30.3 Å². The van der Waals surface area contributed by atoms with Crippen LogP contribution in [-0.4, -0.2) is 4.98 Å². The van der Waals surface area contributed by atoms with Gasteiger partial charge in [-0.05, 0) is 51.7 Å². The molecule has 0 aliphatic heterocycles. The van der Waals surface area contributed by atoms with Crippen LogP contribution in [0.2, 0.25) is 0 Å². The van der Waals surface area contributed by atoms with E-state index in [1.54, 1.807) is 0 Å². The number of rotatable bonds is 3. The Kier molecular flexibility index (Phi) is 3.64. The van der Waals surface area contributed by atoms with Crippen molar-refractivity contribution in [3.05, 3.63) is 70.1 Å². The standard InChI is InChI=1S/C16H13IN2/c17-14-5-3-6-15(8-14)19-11-13-10-18-9-12-4-1-2-7-16(12)13/h1-10,19H,11H2. The minimum Gasteiger partial charge on any atom is -0.381 e. The lowest BCUT2D eigenvalue weighted by molar-refractivity contribution is 1.14. The van der Waals surface area contributed by atoms with Crippen molar-refractivity contribution in [1.29, 1.82) is 0 Å². The molecule has 2 nitrogen and oxygen atoms in total. The van der Waals surface area contributed by atoms with E-state index < -0.39 is 0 Å². The Balaban J connectivity index is 1.86. The van der Waals surface area contributed by atoms with Crippen LogP contribution < -0.4 is 5.32 Å². The predicted octanol–water partition coefficient (Wildman–Crippen LogP) is 4.45. The molecule has 0 aliphatic carbocycles. The molecule has 1 N–H and O–H groups in total. The van der Waals surface area contributed by atoms with Crippen LogP contribution >= 0.6 is 22.6 Å². The van der Waals surface area contributed by atoms with Crippen molar-refractivity contribution >= 4 is 39.1 Å². The van der Waals surface area contributed by atoms with E-state index >= 15 is 0 Å². The number of anilines is 1. The highest BCUT2D eigenvalue weighted by atomic mass is 127. The minimum absolute atomic E-state index is 0.786. The fraction of sp³-hybridized carbons (Fsp3) is 0.0625. The van der Waals surface area contributed by atoms with E-state index in [1.165, 1.54) is 19.9 Å². The maximum Gasteiger partial charge on any atom is 0.0422 e. The molecule has 0 amide bonds. The fourth-order valence-corrected chi connectivity index (χ4v) is 2.66. The summed E-state index contributed by atoms with van der Waals surface area (Å²) in [5, 5.41) is 5.89. The summed E-state index contributed by atoms with van der Waals surface area (Å²) in [4.78, 5) is 4.30. The van der Waals surface area contributed by atoms with Crippen molar-refractivity contribution in [1.82, 2.24) is 4.98 Å². The Morgan fingerprint density at radius 1 is 1.00 bits per heavy atom. The molecule has 0 unspecified atom stereocenters. The summed E-state index contributed by atoms with van der Waals surface area (Å²) in [6, 6.07) is 16.7. The molecule has 0 fully saturated rings. The van der Waals surface area contributed by atoms with Crippen LogP contribution in [0.5, 0.6) is 0 Å². The normalized spacial score (nSPS) is 10.6. The highest BCUT2D eigenvalue weighted by Gasteiger charge is 2.01. The molecule has 94 valence electrons. The molecule has 19 heavy (non-hydrogen) atoms. The first-order valence-corrected chi connectivity index (χ1v) is 7.22. The molecule has 3 heteroatoms. The first-order valence-electron chi connectivity index (χ1n) is 6.14. The molecule has 0 aliphatic rings. The second-order valence-corrected chi connectivity index (χ2v) is 5.63. The van der Waals surface area contributed by atoms with Crippen LogP contribution in [0.3, 0.4) is 0 Å². The highest BCUT2D eigenvalue weighted by Crippen LogP contribution is 2.19. The van der Waals surface area contributed by atoms with E-state index in [1.807, 2.05) is 18.5 Å². The lowest BCUT2D eigenvalue weighted by atomic mass is 10.1. The Morgan fingerprint density at radius 2 is 1.89 bits per heavy atom. The van der Waals surface area contributed by atoms with Crippen molar-refractivity contribution in [3.63, 3.8) is 0 Å². The van der Waals surface area contributed by atoms with E-state index in [0.717, 1.165) is 12.2 Å². The van der Waals surface area contributed by atoms with E-state index in [2.05, 4.69) is 75.4 Å². The van der Waals surface area contributed by atoms with Gasteiger partial charge in [0.1, 0.15) is 0 Å². The topological polar surface area (TPSA) is 24.9 Å². The number of aromatic nitrogens is 1. The number of benzene rings is 2. The van der Waals surface area contributed by atoms with Crippen LogP contribution in [0, 0.1) is 3.57 Å². The average Bonchev–Trinajstić information content (AvgIpc) is 2.45. The second-order valence-electron chi connectivity index (χ2n) is 4.38. The lowest BCUT2D eigenvalue weighted by Gasteiger charge is -2.09. The molecule has 2 aromatic carbocycles. The van der Waals surface area contributed by atoms with E-state index in [0.29, 0.717) is 0 Å². The number of hydrogen-bond donors (Lipinski definition) is 1. The van der Waals surface area contributed by atoms with Gasteiger partial charge >= 0.3 is 0 Å². The zero-order valence-corrected chi connectivity index (χ0v) is 12.5. The Morgan fingerprint density at radius 3 is 2.79 bits per heavy atom. The highest BCUT2D eigenvalue weighted by molar-refractivity contribution is 14.1. The van der Waals surface area contributed by atoms with E-state index in [4.69, 9.17) is 0 Å². The van der Waals surface area contributed by atoms with E-state index in [-0.39, 0.29) is 0 Å². The summed E-state index contributed by atoms with van der Waals surface area (Å²) in [6.45, 7) is 0.786. The van der Waals surface area contributed by atoms with Gasteiger partial charge in [-0.2, -0.15) is 0 Å². The summed E-state index contributed by atoms with van der Waals surface area (Å²) >= 11 is 2.32. The largest absolute Gasteiger partial charge is 0.381 e. The molecule has 0 radical (unpaired) electrons. The van der Waals surface area contributed by atoms with Gasteiger partial charge in [0.2, 0.25) is 0 Å². The number of hydrogen-bond acceptors (Lipinski definition) is 2. The Hall–Kier alpha value is -1.62. The van der Waals surface area contributed by atoms with Gasteiger partial charge in [0.15, 0.2) is 0 Å². The SMILES string of the molecule is Ic1cccc(NCc2cncc3ccccc23)c1. The van der Waals surface area contributed by atoms with Gasteiger partial charge in [0, 0.05) is 33.6 Å². The quantitative estimate of drug-likeness (QED) is 0.698. The maximum atomic E-state index is 4.30. The third kappa shape index (κ3) is 2.87. The monoisotopic (exact) mass is 360 g/mol. The fourth-order valence-electron chi connectivity index (χ4n) is 2.12. The number of pyridine rings is 1. The summed E-state index contributed by atoms with van der Waals surface area (Å²) < 4.78 is 1.23. The van der Waals surface area contributed by atoms with Crippen LogP contribution in [0.4, 0.5) is 5.69 Å². The van der Waals surface area contributed by atoms with Crippen molar-refractivity contribution in [3.8, 4) is 0 Å². The molecule has 0 saturated carbocycles. The first kappa shape index (κ1) is 12.4. The van der Waals surface area contributed by atoms with Gasteiger partial charge in [0.25, 0.3) is 0 Å². The van der Waals surface area contributed by atoms with Gasteiger partial charge in [-0.15, -0.1) is 0 Å². The summed E-state index contributed by atoms with van der Waals surface area (Å²) in [5.41, 5.74) is 2.36. The lowest BCUT2D eigenvalue weighted by Crippen LogP contribution is -2.00. The van der Waals surface area contributed by atoms with E-state index in [9.17, 15) is 0 Å². The molecule has 3 rings (SSSR count). The maximum absolute atomic E-state index is 4.30. The number of halogens is 1. The van der Waals surface area contributed by atoms with Gasteiger partial charge in [-0.25, -0.2) is 0 Å². The smallest absolute Gasteiger partial charge is 0.0422 e. The van der Waals surface area contributed by atoms with Gasteiger partial charge in [0.05, 0.1) is 0 Å². The van der Waals surface area contributed by atoms with Crippen LogP contribution in [0.1, 0.15) is 5.56 Å². The second kappa shape index (κ2) is 5.57. The van der Waals surface area contributed by atoms with Crippen molar-refractivity contribution in [2.75, 3.05) is 5.32 Å². The molecule has 0 bridgehead atoms. The minimum atomic E-state index is 0.786. The van der Waals surface area contributed by atoms with Gasteiger partial charge in [-0.3, -0.25) is 4.98 Å². The molecule has 0 spiro atoms. The molecule has 0 saturated heterocycles. The number of nitrogens with one attached hydrogen (secondary N) is 1. The van der Waals surface area contributed by atoms with Crippen molar-refractivity contribution < 1.29 is 0 Å². The Labute approximate surface area is 126 Å². The predicted molar refractivity (Wildman–Crippen MR) is 88.2 cm³/mol. The zero-order valence-electron chi connectivity index (χ0n) is 10.3. The molecule has 1 heterocycles. The van der Waals surface area contributed by atoms with Crippen LogP contribution in [0.25, 0.3) is 10.8 Å². The van der Waals surface area contributed by atoms with Crippen molar-refractivity contribution in [2.24, 2.45) is 0 Å². The van der Waals surface area contributed by atoms with Crippen LogP contribution in [0.15, 0.2) is 60.9 Å². The molecule has 1 aromatic heterocycles. The summed E-state index contributed by atoms with van der Waals surface area (Å²) in [7, 11) is 0. The molecular weight excluding hydrogens is 347 g/mol. The average molecular weight is 360 g/mol. The number of nitrogens with zero attached hydrogens (tertiary/aromatic N) is 1. The first-order chi connectivity index (χ1) is 9.33. The third-order valence-electron chi connectivity index (χ3n) is 3.06. The zero-order chi connectivity index (χ0) is 13.1. The molecular formula is C16H13IN2. The van der Waals surface area contributed by atoms with Gasteiger partial charge < -0.3 is 5.32 Å². The summed E-state index contributed by atoms with van der Waals surface area (Å²) in [6.07, 6.45) is 3.84. The number of fused-ring (bicyclic) bond motifs is 1.